The highest BCUT2D eigenvalue weighted by Gasteiger charge is 2.26. The van der Waals surface area contributed by atoms with Crippen molar-refractivity contribution in [3.8, 4) is 0 Å². The van der Waals surface area contributed by atoms with Crippen LogP contribution in [0.25, 0.3) is 0 Å². The van der Waals surface area contributed by atoms with Gasteiger partial charge < -0.3 is 0 Å². The average Bonchev–Trinajstić information content (AvgIpc) is 2.37. The predicted octanol–water partition coefficient (Wildman–Crippen LogP) is 6.93. The summed E-state index contributed by atoms with van der Waals surface area (Å²) in [4.78, 5) is 0. The summed E-state index contributed by atoms with van der Waals surface area (Å²) in [5, 5.41) is 0. The minimum absolute atomic E-state index is 0.327. The molecule has 0 fully saturated rings. The lowest BCUT2D eigenvalue weighted by Crippen LogP contribution is -2.19. The summed E-state index contributed by atoms with van der Waals surface area (Å²) in [6.45, 7) is 15.7. The summed E-state index contributed by atoms with van der Waals surface area (Å²) in [6, 6.07) is 0. The molecule has 0 nitrogen and oxygen atoms in total. The lowest BCUT2D eigenvalue weighted by Gasteiger charge is -2.32. The molecule has 0 spiro atoms. The smallest absolute Gasteiger partial charge is 0.0104 e. The Hall–Kier alpha value is -1.30. The summed E-state index contributed by atoms with van der Waals surface area (Å²) < 4.78 is 0. The van der Waals surface area contributed by atoms with Crippen LogP contribution in [0.5, 0.6) is 0 Å². The Labute approximate surface area is 132 Å². The molecule has 0 aliphatic heterocycles. The Kier molecular flexibility index (Phi) is 6.45. The summed E-state index contributed by atoms with van der Waals surface area (Å²) in [5.74, 6) is 0. The average molecular weight is 284 g/mol. The Morgan fingerprint density at radius 1 is 1.05 bits per heavy atom. The van der Waals surface area contributed by atoms with Gasteiger partial charge in [0.15, 0.2) is 0 Å². The largest absolute Gasteiger partial charge is 0.0735 e. The van der Waals surface area contributed by atoms with Gasteiger partial charge in [0.2, 0.25) is 0 Å². The van der Waals surface area contributed by atoms with Crippen LogP contribution in [0.2, 0.25) is 0 Å². The van der Waals surface area contributed by atoms with Gasteiger partial charge in [0.05, 0.1) is 0 Å². The van der Waals surface area contributed by atoms with Crippen LogP contribution in [0, 0.1) is 5.41 Å². The molecule has 0 unspecified atom stereocenters. The zero-order valence-corrected chi connectivity index (χ0v) is 15.0. The molecule has 0 aromatic carbocycles. The lowest BCUT2D eigenvalue weighted by atomic mass is 9.72. The van der Waals surface area contributed by atoms with Crippen LogP contribution < -0.4 is 0 Å². The molecule has 0 radical (unpaired) electrons. The quantitative estimate of drug-likeness (QED) is 0.491. The highest BCUT2D eigenvalue weighted by Crippen LogP contribution is 2.40. The third-order valence-electron chi connectivity index (χ3n) is 4.55. The molecule has 0 heteroatoms. The first-order valence-electron chi connectivity index (χ1n) is 8.11. The van der Waals surface area contributed by atoms with Crippen LogP contribution in [0.1, 0.15) is 67.7 Å². The molecule has 21 heavy (non-hydrogen) atoms. The minimum Gasteiger partial charge on any atom is -0.0735 e. The van der Waals surface area contributed by atoms with Crippen molar-refractivity contribution >= 4 is 0 Å². The van der Waals surface area contributed by atoms with Gasteiger partial charge in [-0.3, -0.25) is 0 Å². The van der Waals surface area contributed by atoms with Gasteiger partial charge in [0.25, 0.3) is 0 Å². The molecule has 0 amide bonds. The van der Waals surface area contributed by atoms with Crippen molar-refractivity contribution in [2.75, 3.05) is 0 Å². The number of hydrogen-bond acceptors (Lipinski definition) is 0. The first kappa shape index (κ1) is 17.8. The minimum atomic E-state index is 0.327. The second-order valence-corrected chi connectivity index (χ2v) is 7.22. The Morgan fingerprint density at radius 2 is 1.71 bits per heavy atom. The number of rotatable bonds is 4. The summed E-state index contributed by atoms with van der Waals surface area (Å²) in [6.07, 6.45) is 15.0. The Morgan fingerprint density at radius 3 is 2.29 bits per heavy atom. The molecule has 1 rings (SSSR count). The van der Waals surface area contributed by atoms with E-state index in [-0.39, 0.29) is 0 Å². The third kappa shape index (κ3) is 5.53. The van der Waals surface area contributed by atoms with Crippen molar-refractivity contribution in [1.82, 2.24) is 0 Å². The van der Waals surface area contributed by atoms with E-state index in [2.05, 4.69) is 78.8 Å². The SMILES string of the molecule is CC(C)=C(C)/C=C/C=C(C)/C=C/C1=C(C)CCCC1(C)C. The first-order valence-corrected chi connectivity index (χ1v) is 8.11. The molecule has 0 aromatic rings. The van der Waals surface area contributed by atoms with Gasteiger partial charge >= 0.3 is 0 Å². The molecule has 116 valence electrons. The maximum Gasteiger partial charge on any atom is -0.0104 e. The van der Waals surface area contributed by atoms with E-state index in [4.69, 9.17) is 0 Å². The van der Waals surface area contributed by atoms with Crippen LogP contribution in [0.3, 0.4) is 0 Å². The molecule has 0 saturated heterocycles. The summed E-state index contributed by atoms with van der Waals surface area (Å²) >= 11 is 0. The fourth-order valence-corrected chi connectivity index (χ4v) is 2.79. The van der Waals surface area contributed by atoms with E-state index in [1.54, 1.807) is 5.57 Å². The van der Waals surface area contributed by atoms with E-state index in [0.29, 0.717) is 5.41 Å². The van der Waals surface area contributed by atoms with E-state index in [9.17, 15) is 0 Å². The van der Waals surface area contributed by atoms with Gasteiger partial charge in [0, 0.05) is 0 Å². The van der Waals surface area contributed by atoms with Crippen LogP contribution in [0.15, 0.2) is 58.2 Å². The van der Waals surface area contributed by atoms with Crippen molar-refractivity contribution < 1.29 is 0 Å². The molecule has 1 aliphatic carbocycles. The predicted molar refractivity (Wildman–Crippen MR) is 96.4 cm³/mol. The second kappa shape index (κ2) is 7.64. The van der Waals surface area contributed by atoms with Crippen LogP contribution in [-0.4, -0.2) is 0 Å². The van der Waals surface area contributed by atoms with Gasteiger partial charge in [-0.05, 0) is 64.9 Å². The van der Waals surface area contributed by atoms with Gasteiger partial charge in [-0.2, -0.15) is 0 Å². The van der Waals surface area contributed by atoms with Crippen LogP contribution in [0.4, 0.5) is 0 Å². The van der Waals surface area contributed by atoms with Gasteiger partial charge in [-0.25, -0.2) is 0 Å². The molecular weight excluding hydrogens is 252 g/mol. The van der Waals surface area contributed by atoms with Crippen LogP contribution in [-0.2, 0) is 0 Å². The van der Waals surface area contributed by atoms with Gasteiger partial charge in [0.1, 0.15) is 0 Å². The third-order valence-corrected chi connectivity index (χ3v) is 4.55. The highest BCUT2D eigenvalue weighted by atomic mass is 14.3. The van der Waals surface area contributed by atoms with Crippen molar-refractivity contribution in [2.24, 2.45) is 5.41 Å². The number of allylic oxidation sites excluding steroid dienone is 10. The normalized spacial score (nSPS) is 19.7. The standard InChI is InChI=1S/C21H32/c1-16(2)18(4)11-8-10-17(3)13-14-20-19(5)12-9-15-21(20,6)7/h8,10-11,13-14H,9,12,15H2,1-7H3/b11-8+,14-13+,17-10+. The molecule has 0 heterocycles. The van der Waals surface area contributed by atoms with Crippen molar-refractivity contribution in [2.45, 2.75) is 67.7 Å². The second-order valence-electron chi connectivity index (χ2n) is 7.22. The van der Waals surface area contributed by atoms with E-state index in [1.807, 2.05) is 0 Å². The topological polar surface area (TPSA) is 0 Å². The molecule has 0 bridgehead atoms. The van der Waals surface area contributed by atoms with E-state index >= 15 is 0 Å². The van der Waals surface area contributed by atoms with Gasteiger partial charge in [-0.1, -0.05) is 66.5 Å². The Balaban J connectivity index is 2.83. The molecule has 0 atom stereocenters. The van der Waals surface area contributed by atoms with Crippen molar-refractivity contribution in [3.05, 3.63) is 58.2 Å². The maximum atomic E-state index is 2.37. The molecule has 0 saturated carbocycles. The molecule has 0 aromatic heterocycles. The zero-order valence-electron chi connectivity index (χ0n) is 15.0. The van der Waals surface area contributed by atoms with Crippen molar-refractivity contribution in [3.63, 3.8) is 0 Å². The molecule has 0 N–H and O–H groups in total. The summed E-state index contributed by atoms with van der Waals surface area (Å²) in [7, 11) is 0. The van der Waals surface area contributed by atoms with Crippen LogP contribution >= 0.6 is 0 Å². The maximum absolute atomic E-state index is 2.37. The Bertz CT molecular complexity index is 512. The van der Waals surface area contributed by atoms with E-state index < -0.39 is 0 Å². The molecular formula is C21H32. The molecule has 1 aliphatic rings. The fraction of sp³-hybridized carbons (Fsp3) is 0.524. The lowest BCUT2D eigenvalue weighted by molar-refractivity contribution is 0.377. The van der Waals surface area contributed by atoms with Crippen molar-refractivity contribution in [1.29, 1.82) is 0 Å². The zero-order chi connectivity index (χ0) is 16.0. The number of hydrogen-bond donors (Lipinski definition) is 0. The highest BCUT2D eigenvalue weighted by molar-refractivity contribution is 5.37. The fourth-order valence-electron chi connectivity index (χ4n) is 2.79. The first-order chi connectivity index (χ1) is 9.74. The summed E-state index contributed by atoms with van der Waals surface area (Å²) in [5.41, 5.74) is 7.44. The van der Waals surface area contributed by atoms with E-state index in [1.165, 1.54) is 41.6 Å². The monoisotopic (exact) mass is 284 g/mol. The van der Waals surface area contributed by atoms with Gasteiger partial charge in [-0.15, -0.1) is 0 Å². The van der Waals surface area contributed by atoms with E-state index in [0.717, 1.165) is 0 Å².